The molecule has 2 aromatic carbocycles. The van der Waals surface area contributed by atoms with Gasteiger partial charge in [0.1, 0.15) is 0 Å². The van der Waals surface area contributed by atoms with Crippen LogP contribution in [0.3, 0.4) is 0 Å². The zero-order valence-electron chi connectivity index (χ0n) is 31.7. The second kappa shape index (κ2) is 12.9. The van der Waals surface area contributed by atoms with E-state index in [1.54, 1.807) is 11.1 Å². The maximum absolute atomic E-state index is 6.93. The monoisotopic (exact) mass is 700 g/mol. The number of hydrogen-bond acceptors (Lipinski definition) is 4. The maximum atomic E-state index is 6.93. The summed E-state index contributed by atoms with van der Waals surface area (Å²) in [5.41, 5.74) is 6.05. The highest BCUT2D eigenvalue weighted by atomic mass is 16.5. The normalized spacial score (nSPS) is 48.1. The molecular formula is C48H64N2O2. The fraction of sp³-hybridized carbons (Fsp3) is 0.750. The van der Waals surface area contributed by atoms with E-state index in [4.69, 9.17) is 9.47 Å². The molecule has 10 fully saturated rings. The molecular weight excluding hydrogens is 637 g/mol. The molecule has 6 aliphatic carbocycles. The predicted octanol–water partition coefficient (Wildman–Crippen LogP) is 10.2. The summed E-state index contributed by atoms with van der Waals surface area (Å²) in [5.74, 6) is 4.91. The summed E-state index contributed by atoms with van der Waals surface area (Å²) in [4.78, 5) is 6.24. The Morgan fingerprint density at radius 1 is 0.404 bits per heavy atom. The van der Waals surface area contributed by atoms with Crippen molar-refractivity contribution >= 4 is 0 Å². The summed E-state index contributed by atoms with van der Waals surface area (Å²) in [6.45, 7) is 0. The minimum atomic E-state index is 0.516. The third-order valence-electron chi connectivity index (χ3n) is 17.8. The van der Waals surface area contributed by atoms with Crippen LogP contribution in [0, 0.1) is 23.7 Å². The lowest BCUT2D eigenvalue weighted by Gasteiger charge is -2.53. The second-order valence-electron chi connectivity index (χ2n) is 19.9. The van der Waals surface area contributed by atoms with Gasteiger partial charge in [-0.2, -0.15) is 0 Å². The van der Waals surface area contributed by atoms with Gasteiger partial charge in [-0.3, -0.25) is 9.80 Å². The van der Waals surface area contributed by atoms with Gasteiger partial charge in [0, 0.05) is 36.3 Å². The zero-order valence-corrected chi connectivity index (χ0v) is 31.7. The van der Waals surface area contributed by atoms with E-state index >= 15 is 0 Å². The first kappa shape index (κ1) is 32.5. The molecule has 12 rings (SSSR count). The molecule has 4 nitrogen and oxygen atoms in total. The largest absolute Gasteiger partial charge is 0.372 e. The summed E-state index contributed by atoms with van der Waals surface area (Å²) in [6, 6.07) is 24.3. The van der Waals surface area contributed by atoms with Crippen LogP contribution in [0.25, 0.3) is 11.1 Å². The van der Waals surface area contributed by atoms with Gasteiger partial charge in [0.2, 0.25) is 0 Å². The Morgan fingerprint density at radius 3 is 1.54 bits per heavy atom. The van der Waals surface area contributed by atoms with Crippen LogP contribution in [0.4, 0.5) is 0 Å². The van der Waals surface area contributed by atoms with Crippen LogP contribution in [0.15, 0.2) is 48.5 Å². The highest BCUT2D eigenvalue weighted by molar-refractivity contribution is 5.65. The van der Waals surface area contributed by atoms with Crippen molar-refractivity contribution in [1.29, 1.82) is 0 Å². The molecule has 0 amide bonds. The molecule has 4 heterocycles. The topological polar surface area (TPSA) is 24.9 Å². The highest BCUT2D eigenvalue weighted by Gasteiger charge is 2.61. The Kier molecular flexibility index (Phi) is 8.08. The van der Waals surface area contributed by atoms with E-state index in [1.165, 1.54) is 140 Å². The minimum Gasteiger partial charge on any atom is -0.372 e. The molecule has 16 unspecified atom stereocenters. The Balaban J connectivity index is 0.750. The SMILES string of the molecule is c1cc(-c2ccc(C3CCC4C(C3)C3CCCC5OC6CCCCC6N4C53)cc2)cc(C2CCC3C(C2)C2CCCC4OC5CCCCC5N3C42)c1. The number of benzene rings is 2. The molecule has 0 bridgehead atoms. The van der Waals surface area contributed by atoms with Crippen LogP contribution >= 0.6 is 0 Å². The lowest BCUT2D eigenvalue weighted by Crippen LogP contribution is -2.63. The van der Waals surface area contributed by atoms with Crippen LogP contribution in [-0.2, 0) is 9.47 Å². The number of fused-ring (bicyclic) bond motifs is 10. The van der Waals surface area contributed by atoms with Crippen molar-refractivity contribution in [2.45, 2.75) is 201 Å². The van der Waals surface area contributed by atoms with Crippen molar-refractivity contribution in [2.24, 2.45) is 23.7 Å². The Morgan fingerprint density at radius 2 is 0.942 bits per heavy atom. The van der Waals surface area contributed by atoms with E-state index < -0.39 is 0 Å². The van der Waals surface area contributed by atoms with E-state index in [0.29, 0.717) is 42.4 Å². The van der Waals surface area contributed by atoms with Gasteiger partial charge < -0.3 is 9.47 Å². The van der Waals surface area contributed by atoms with Crippen LogP contribution < -0.4 is 0 Å². The molecule has 4 saturated heterocycles. The molecule has 2 aromatic rings. The van der Waals surface area contributed by atoms with E-state index in [1.807, 2.05) is 0 Å². The fourth-order valence-electron chi connectivity index (χ4n) is 15.9. The molecule has 6 saturated carbocycles. The van der Waals surface area contributed by atoms with Gasteiger partial charge in [0.15, 0.2) is 0 Å². The fourth-order valence-corrected chi connectivity index (χ4v) is 15.9. The number of morpholine rings is 2. The molecule has 4 heteroatoms. The van der Waals surface area contributed by atoms with Crippen LogP contribution in [0.2, 0.25) is 0 Å². The number of ether oxygens (including phenoxy) is 2. The molecule has 4 aliphatic heterocycles. The molecule has 0 radical (unpaired) electrons. The Bertz CT molecular complexity index is 1620. The van der Waals surface area contributed by atoms with Crippen LogP contribution in [0.5, 0.6) is 0 Å². The first-order valence-corrected chi connectivity index (χ1v) is 22.8. The summed E-state index contributed by atoms with van der Waals surface area (Å²) >= 11 is 0. The van der Waals surface area contributed by atoms with Crippen molar-refractivity contribution in [3.8, 4) is 11.1 Å². The van der Waals surface area contributed by atoms with E-state index in [-0.39, 0.29) is 0 Å². The highest BCUT2D eigenvalue weighted by Crippen LogP contribution is 2.58. The second-order valence-corrected chi connectivity index (χ2v) is 19.9. The predicted molar refractivity (Wildman–Crippen MR) is 207 cm³/mol. The number of rotatable bonds is 3. The minimum absolute atomic E-state index is 0.516. The van der Waals surface area contributed by atoms with Gasteiger partial charge in [-0.05, 0) is 148 Å². The van der Waals surface area contributed by atoms with Gasteiger partial charge in [-0.25, -0.2) is 0 Å². The third kappa shape index (κ3) is 5.04. The van der Waals surface area contributed by atoms with E-state index in [2.05, 4.69) is 58.3 Å². The average molecular weight is 701 g/mol. The van der Waals surface area contributed by atoms with Gasteiger partial charge >= 0.3 is 0 Å². The quantitative estimate of drug-likeness (QED) is 0.318. The number of nitrogens with zero attached hydrogens (tertiary/aromatic N) is 2. The molecule has 16 atom stereocenters. The Hall–Kier alpha value is -1.72. The van der Waals surface area contributed by atoms with Gasteiger partial charge in [0.25, 0.3) is 0 Å². The van der Waals surface area contributed by atoms with Crippen LogP contribution in [0.1, 0.15) is 151 Å². The van der Waals surface area contributed by atoms with E-state index in [9.17, 15) is 0 Å². The maximum Gasteiger partial charge on any atom is 0.0737 e. The zero-order chi connectivity index (χ0) is 33.9. The standard InChI is InChI=1S/C48H64N2O2/c1-3-14-43-41(12-1)49-39-24-22-33(27-37(39)35-10-6-16-45(51-43)47(35)49)30-20-18-29(19-21-30)31-8-5-9-32(26-31)34-23-25-40-38(28-34)36-11-7-17-46-48(36)50(40)42-13-2-4-15-44(42)52-46/h5,8-9,18-21,26,33-48H,1-4,6-7,10-17,22-25,27-28H2. The van der Waals surface area contributed by atoms with Crippen molar-refractivity contribution in [3.63, 3.8) is 0 Å². The molecule has 0 aromatic heterocycles. The molecule has 0 N–H and O–H groups in total. The van der Waals surface area contributed by atoms with Crippen molar-refractivity contribution in [2.75, 3.05) is 0 Å². The van der Waals surface area contributed by atoms with Gasteiger partial charge in [-0.1, -0.05) is 87.1 Å². The van der Waals surface area contributed by atoms with Crippen molar-refractivity contribution < 1.29 is 9.47 Å². The lowest BCUT2D eigenvalue weighted by atomic mass is 9.68. The molecule has 0 spiro atoms. The number of hydrogen-bond donors (Lipinski definition) is 0. The molecule has 10 aliphatic rings. The average Bonchev–Trinajstić information content (AvgIpc) is 3.73. The lowest BCUT2D eigenvalue weighted by molar-refractivity contribution is -0.177. The van der Waals surface area contributed by atoms with Crippen LogP contribution in [-0.4, -0.2) is 70.5 Å². The summed E-state index contributed by atoms with van der Waals surface area (Å²) in [5, 5.41) is 0. The molecule has 278 valence electrons. The van der Waals surface area contributed by atoms with Crippen molar-refractivity contribution in [1.82, 2.24) is 9.80 Å². The summed E-state index contributed by atoms with van der Waals surface area (Å²) in [7, 11) is 0. The Labute approximate surface area is 313 Å². The first-order chi connectivity index (χ1) is 25.8. The summed E-state index contributed by atoms with van der Waals surface area (Å²) in [6.07, 6.45) is 29.6. The molecule has 52 heavy (non-hydrogen) atoms. The smallest absolute Gasteiger partial charge is 0.0737 e. The third-order valence-corrected chi connectivity index (χ3v) is 17.8. The van der Waals surface area contributed by atoms with Gasteiger partial charge in [-0.15, -0.1) is 0 Å². The first-order valence-electron chi connectivity index (χ1n) is 22.8. The summed E-state index contributed by atoms with van der Waals surface area (Å²) < 4.78 is 13.8. The van der Waals surface area contributed by atoms with Crippen molar-refractivity contribution in [3.05, 3.63) is 59.7 Å². The van der Waals surface area contributed by atoms with E-state index in [0.717, 1.165) is 53.8 Å². The van der Waals surface area contributed by atoms with Gasteiger partial charge in [0.05, 0.1) is 24.4 Å².